The lowest BCUT2D eigenvalue weighted by molar-refractivity contribution is 0.386. The molecule has 2 rings (SSSR count). The van der Waals surface area contributed by atoms with Gasteiger partial charge in [0.1, 0.15) is 0 Å². The topological polar surface area (TPSA) is 75.1 Å². The minimum Gasteiger partial charge on any atom is -0.492 e. The maximum atomic E-state index is 13.2. The Hall–Kier alpha value is -2.37. The monoisotopic (exact) mass is 236 g/mol. The molecular formula is C11H9FN2O3. The zero-order valence-electron chi connectivity index (χ0n) is 8.90. The van der Waals surface area contributed by atoms with Crippen LogP contribution in [0.4, 0.5) is 4.39 Å². The molecule has 0 fully saturated rings. The average molecular weight is 236 g/mol. The number of aromatic hydroxyl groups is 1. The third kappa shape index (κ3) is 1.73. The van der Waals surface area contributed by atoms with E-state index in [-0.39, 0.29) is 0 Å². The highest BCUT2D eigenvalue weighted by molar-refractivity contribution is 5.42. The highest BCUT2D eigenvalue weighted by atomic mass is 19.1. The predicted molar refractivity (Wildman–Crippen MR) is 59.0 cm³/mol. The highest BCUT2D eigenvalue weighted by Crippen LogP contribution is 2.17. The van der Waals surface area contributed by atoms with E-state index in [0.29, 0.717) is 15.8 Å². The van der Waals surface area contributed by atoms with Gasteiger partial charge in [-0.3, -0.25) is 9.78 Å². The molecule has 0 saturated heterocycles. The Morgan fingerprint density at radius 3 is 2.59 bits per heavy atom. The Morgan fingerprint density at radius 1 is 1.29 bits per heavy atom. The number of aryl methyl sites for hydroxylation is 1. The first-order valence-electron chi connectivity index (χ1n) is 4.82. The van der Waals surface area contributed by atoms with E-state index < -0.39 is 22.9 Å². The maximum absolute atomic E-state index is 13.2. The van der Waals surface area contributed by atoms with Crippen LogP contribution in [0.5, 0.6) is 5.88 Å². The van der Waals surface area contributed by atoms with Gasteiger partial charge in [-0.15, -0.1) is 0 Å². The predicted octanol–water partition coefficient (Wildman–Crippen LogP) is 0.679. The molecule has 0 amide bonds. The van der Waals surface area contributed by atoms with Gasteiger partial charge in [0.05, 0.1) is 5.69 Å². The summed E-state index contributed by atoms with van der Waals surface area (Å²) in [5.41, 5.74) is -1.15. The van der Waals surface area contributed by atoms with Crippen LogP contribution in [0.15, 0.2) is 33.9 Å². The van der Waals surface area contributed by atoms with E-state index >= 15 is 0 Å². The Kier molecular flexibility index (Phi) is 2.55. The van der Waals surface area contributed by atoms with Crippen molar-refractivity contribution in [3.63, 3.8) is 0 Å². The lowest BCUT2D eigenvalue weighted by Gasteiger charge is -2.10. The lowest BCUT2D eigenvalue weighted by Crippen LogP contribution is -2.31. The molecule has 0 unspecified atom stereocenters. The molecule has 0 radical (unpaired) electrons. The third-order valence-electron chi connectivity index (χ3n) is 2.39. The standard InChI is InChI=1S/C11H9FN2O3/c1-6-4-2-3-5-7(6)14-10(16)8(12)9(15)13-11(14)17/h2-5,16H,1H3,(H,13,15,17). The molecule has 0 bridgehead atoms. The number of hydrogen-bond donors (Lipinski definition) is 2. The van der Waals surface area contributed by atoms with Crippen LogP contribution in [0.1, 0.15) is 5.56 Å². The van der Waals surface area contributed by atoms with Gasteiger partial charge in [-0.1, -0.05) is 18.2 Å². The van der Waals surface area contributed by atoms with Crippen molar-refractivity contribution in [1.29, 1.82) is 0 Å². The largest absolute Gasteiger partial charge is 0.492 e. The van der Waals surface area contributed by atoms with Crippen LogP contribution in [0, 0.1) is 12.7 Å². The van der Waals surface area contributed by atoms with Crippen LogP contribution < -0.4 is 11.2 Å². The Morgan fingerprint density at radius 2 is 1.94 bits per heavy atom. The maximum Gasteiger partial charge on any atom is 0.335 e. The van der Waals surface area contributed by atoms with Crippen LogP contribution in [-0.2, 0) is 0 Å². The Balaban J connectivity index is 2.87. The molecule has 0 saturated carbocycles. The average Bonchev–Trinajstić information content (AvgIpc) is 2.29. The van der Waals surface area contributed by atoms with Crippen molar-refractivity contribution in [3.8, 4) is 11.6 Å². The molecule has 0 aliphatic heterocycles. The number of benzene rings is 1. The summed E-state index contributed by atoms with van der Waals surface area (Å²) in [6.07, 6.45) is 0. The number of H-pyrrole nitrogens is 1. The molecule has 17 heavy (non-hydrogen) atoms. The van der Waals surface area contributed by atoms with E-state index in [1.165, 1.54) is 6.07 Å². The van der Waals surface area contributed by atoms with Crippen molar-refractivity contribution < 1.29 is 9.50 Å². The van der Waals surface area contributed by atoms with Crippen LogP contribution >= 0.6 is 0 Å². The minimum atomic E-state index is -1.38. The number of nitrogens with one attached hydrogen (secondary N) is 1. The molecule has 1 heterocycles. The molecule has 88 valence electrons. The first-order chi connectivity index (χ1) is 8.02. The number of para-hydroxylation sites is 1. The van der Waals surface area contributed by atoms with E-state index in [1.807, 2.05) is 0 Å². The summed E-state index contributed by atoms with van der Waals surface area (Å²) < 4.78 is 13.9. The zero-order chi connectivity index (χ0) is 12.6. The van der Waals surface area contributed by atoms with Gasteiger partial charge >= 0.3 is 5.69 Å². The van der Waals surface area contributed by atoms with Gasteiger partial charge in [-0.2, -0.15) is 4.39 Å². The first kappa shape index (κ1) is 11.1. The second-order valence-electron chi connectivity index (χ2n) is 3.52. The van der Waals surface area contributed by atoms with Crippen molar-refractivity contribution in [2.45, 2.75) is 6.92 Å². The molecule has 0 aliphatic rings. The molecule has 2 aromatic rings. The second-order valence-corrected chi connectivity index (χ2v) is 3.52. The summed E-state index contributed by atoms with van der Waals surface area (Å²) in [5.74, 6) is -2.37. The Labute approximate surface area is 94.8 Å². The SMILES string of the molecule is Cc1ccccc1-n1c(O)c(F)c(=O)[nH]c1=O. The number of nitrogens with zero attached hydrogens (tertiary/aromatic N) is 1. The number of aromatic nitrogens is 2. The fraction of sp³-hybridized carbons (Fsp3) is 0.0909. The number of hydrogen-bond acceptors (Lipinski definition) is 3. The van der Waals surface area contributed by atoms with Gasteiger partial charge in [-0.05, 0) is 18.6 Å². The molecule has 1 aromatic carbocycles. The fourth-order valence-electron chi connectivity index (χ4n) is 1.54. The second kappa shape index (κ2) is 3.89. The van der Waals surface area contributed by atoms with E-state index in [4.69, 9.17) is 0 Å². The van der Waals surface area contributed by atoms with E-state index in [9.17, 15) is 19.1 Å². The Bertz CT molecular complexity index is 688. The number of halogens is 1. The smallest absolute Gasteiger partial charge is 0.335 e. The molecule has 1 aromatic heterocycles. The summed E-state index contributed by atoms with van der Waals surface area (Å²) in [7, 11) is 0. The van der Waals surface area contributed by atoms with Gasteiger partial charge < -0.3 is 5.11 Å². The molecule has 6 heteroatoms. The summed E-state index contributed by atoms with van der Waals surface area (Å²) >= 11 is 0. The number of aromatic amines is 1. The molecule has 2 N–H and O–H groups in total. The summed E-state index contributed by atoms with van der Waals surface area (Å²) in [4.78, 5) is 24.3. The third-order valence-corrected chi connectivity index (χ3v) is 2.39. The van der Waals surface area contributed by atoms with Crippen LogP contribution in [0.25, 0.3) is 5.69 Å². The molecule has 0 atom stereocenters. The molecule has 0 aliphatic carbocycles. The summed E-state index contributed by atoms with van der Waals surface area (Å²) in [5, 5.41) is 9.51. The van der Waals surface area contributed by atoms with Gasteiger partial charge in [0, 0.05) is 0 Å². The van der Waals surface area contributed by atoms with Crippen LogP contribution in [0.2, 0.25) is 0 Å². The number of rotatable bonds is 1. The van der Waals surface area contributed by atoms with E-state index in [0.717, 1.165) is 0 Å². The van der Waals surface area contributed by atoms with E-state index in [2.05, 4.69) is 0 Å². The van der Waals surface area contributed by atoms with Gasteiger partial charge in [0.15, 0.2) is 0 Å². The first-order valence-corrected chi connectivity index (χ1v) is 4.82. The van der Waals surface area contributed by atoms with E-state index in [1.54, 1.807) is 30.1 Å². The normalized spacial score (nSPS) is 10.5. The van der Waals surface area contributed by atoms with Crippen molar-refractivity contribution in [3.05, 3.63) is 56.5 Å². The van der Waals surface area contributed by atoms with Crippen molar-refractivity contribution in [2.24, 2.45) is 0 Å². The minimum absolute atomic E-state index is 0.310. The van der Waals surface area contributed by atoms with Crippen LogP contribution in [0.3, 0.4) is 0 Å². The van der Waals surface area contributed by atoms with Crippen molar-refractivity contribution in [1.82, 2.24) is 9.55 Å². The summed E-state index contributed by atoms with van der Waals surface area (Å²) in [6, 6.07) is 6.61. The lowest BCUT2D eigenvalue weighted by atomic mass is 10.2. The summed E-state index contributed by atoms with van der Waals surface area (Å²) in [6.45, 7) is 1.70. The van der Waals surface area contributed by atoms with Crippen molar-refractivity contribution in [2.75, 3.05) is 0 Å². The zero-order valence-corrected chi connectivity index (χ0v) is 8.90. The quantitative estimate of drug-likeness (QED) is 0.764. The van der Waals surface area contributed by atoms with Gasteiger partial charge in [0.25, 0.3) is 5.56 Å². The molecule has 5 nitrogen and oxygen atoms in total. The molecule has 0 spiro atoms. The van der Waals surface area contributed by atoms with Crippen molar-refractivity contribution >= 4 is 0 Å². The highest BCUT2D eigenvalue weighted by Gasteiger charge is 2.15. The fourth-order valence-corrected chi connectivity index (χ4v) is 1.54. The van der Waals surface area contributed by atoms with Gasteiger partial charge in [-0.25, -0.2) is 9.36 Å². The molecular weight excluding hydrogens is 227 g/mol. The van der Waals surface area contributed by atoms with Crippen LogP contribution in [-0.4, -0.2) is 14.7 Å². The van der Waals surface area contributed by atoms with Gasteiger partial charge in [0.2, 0.25) is 11.7 Å².